The van der Waals surface area contributed by atoms with Gasteiger partial charge in [0.05, 0.1) is 7.11 Å². The molecule has 1 aromatic carbocycles. The first-order chi connectivity index (χ1) is 8.34. The SMILES string of the molecule is COC(=O)C(=O)c1cc2c(cc1C)CC(C)(C)C2. The van der Waals surface area contributed by atoms with E-state index in [1.54, 1.807) is 0 Å². The second-order valence-electron chi connectivity index (χ2n) is 5.77. The smallest absolute Gasteiger partial charge is 0.379 e. The summed E-state index contributed by atoms with van der Waals surface area (Å²) in [5.41, 5.74) is 4.03. The Kier molecular flexibility index (Phi) is 3.01. The molecule has 0 heterocycles. The summed E-state index contributed by atoms with van der Waals surface area (Å²) in [5, 5.41) is 0. The maximum absolute atomic E-state index is 11.9. The Hall–Kier alpha value is -1.64. The highest BCUT2D eigenvalue weighted by Gasteiger charge is 2.30. The quantitative estimate of drug-likeness (QED) is 0.457. The van der Waals surface area contributed by atoms with Gasteiger partial charge in [-0.05, 0) is 47.9 Å². The third-order valence-corrected chi connectivity index (χ3v) is 3.50. The van der Waals surface area contributed by atoms with Crippen LogP contribution in [-0.2, 0) is 22.4 Å². The molecule has 0 bridgehead atoms. The summed E-state index contributed by atoms with van der Waals surface area (Å²) in [4.78, 5) is 23.2. The van der Waals surface area contributed by atoms with Crippen LogP contribution in [0.3, 0.4) is 0 Å². The van der Waals surface area contributed by atoms with Crippen LogP contribution in [-0.4, -0.2) is 18.9 Å². The molecule has 0 N–H and O–H groups in total. The number of Topliss-reactive ketones (excluding diaryl/α,β-unsaturated/α-hetero) is 1. The van der Waals surface area contributed by atoms with Crippen molar-refractivity contribution in [2.45, 2.75) is 33.6 Å². The highest BCUT2D eigenvalue weighted by molar-refractivity contribution is 6.41. The second kappa shape index (κ2) is 4.23. The number of carbonyl (C=O) groups excluding carboxylic acids is 2. The predicted molar refractivity (Wildman–Crippen MR) is 68.7 cm³/mol. The molecule has 0 saturated heterocycles. The topological polar surface area (TPSA) is 43.4 Å². The zero-order valence-electron chi connectivity index (χ0n) is 11.3. The first kappa shape index (κ1) is 12.8. The number of hydrogen-bond donors (Lipinski definition) is 0. The van der Waals surface area contributed by atoms with Crippen molar-refractivity contribution in [3.8, 4) is 0 Å². The first-order valence-corrected chi connectivity index (χ1v) is 6.09. The van der Waals surface area contributed by atoms with Crippen molar-refractivity contribution < 1.29 is 14.3 Å². The van der Waals surface area contributed by atoms with Crippen molar-refractivity contribution in [3.63, 3.8) is 0 Å². The lowest BCUT2D eigenvalue weighted by Crippen LogP contribution is -2.17. The van der Waals surface area contributed by atoms with Crippen LogP contribution < -0.4 is 0 Å². The summed E-state index contributed by atoms with van der Waals surface area (Å²) in [6, 6.07) is 3.89. The van der Waals surface area contributed by atoms with Crippen molar-refractivity contribution in [2.24, 2.45) is 5.41 Å². The van der Waals surface area contributed by atoms with Gasteiger partial charge in [-0.25, -0.2) is 4.79 Å². The second-order valence-corrected chi connectivity index (χ2v) is 5.77. The van der Waals surface area contributed by atoms with Gasteiger partial charge in [-0.2, -0.15) is 0 Å². The summed E-state index contributed by atoms with van der Waals surface area (Å²) in [6.07, 6.45) is 1.97. The minimum absolute atomic E-state index is 0.238. The van der Waals surface area contributed by atoms with E-state index in [2.05, 4.69) is 18.6 Å². The van der Waals surface area contributed by atoms with E-state index in [4.69, 9.17) is 0 Å². The molecule has 0 amide bonds. The van der Waals surface area contributed by atoms with Crippen molar-refractivity contribution in [2.75, 3.05) is 7.11 Å². The van der Waals surface area contributed by atoms with E-state index in [1.807, 2.05) is 19.1 Å². The Balaban J connectivity index is 2.42. The Bertz CT molecular complexity index is 527. The van der Waals surface area contributed by atoms with Crippen molar-refractivity contribution in [1.82, 2.24) is 0 Å². The minimum Gasteiger partial charge on any atom is -0.463 e. The van der Waals surface area contributed by atoms with Crippen LogP contribution in [0.2, 0.25) is 0 Å². The van der Waals surface area contributed by atoms with Crippen LogP contribution in [0, 0.1) is 12.3 Å². The fourth-order valence-corrected chi connectivity index (χ4v) is 2.68. The summed E-state index contributed by atoms with van der Waals surface area (Å²) >= 11 is 0. The van der Waals surface area contributed by atoms with E-state index in [9.17, 15) is 9.59 Å². The summed E-state index contributed by atoms with van der Waals surface area (Å²) < 4.78 is 4.49. The number of esters is 1. The molecule has 18 heavy (non-hydrogen) atoms. The maximum Gasteiger partial charge on any atom is 0.379 e. The molecular weight excluding hydrogens is 228 g/mol. The van der Waals surface area contributed by atoms with E-state index < -0.39 is 11.8 Å². The highest BCUT2D eigenvalue weighted by Crippen LogP contribution is 2.37. The Labute approximate surface area is 107 Å². The predicted octanol–water partition coefficient (Wildman–Crippen LogP) is 2.48. The lowest BCUT2D eigenvalue weighted by Gasteiger charge is -2.14. The molecule has 0 aliphatic heterocycles. The maximum atomic E-state index is 11.9. The van der Waals surface area contributed by atoms with Gasteiger partial charge in [0.2, 0.25) is 0 Å². The monoisotopic (exact) mass is 246 g/mol. The molecule has 0 atom stereocenters. The van der Waals surface area contributed by atoms with E-state index in [-0.39, 0.29) is 5.41 Å². The van der Waals surface area contributed by atoms with Gasteiger partial charge in [0.1, 0.15) is 0 Å². The number of benzene rings is 1. The van der Waals surface area contributed by atoms with Gasteiger partial charge < -0.3 is 4.74 Å². The molecule has 0 saturated carbocycles. The standard InChI is InChI=1S/C15H18O3/c1-9-5-10-7-15(2,3)8-11(10)6-12(9)13(16)14(17)18-4/h5-6H,7-8H2,1-4H3. The van der Waals surface area contributed by atoms with Crippen LogP contribution in [0.15, 0.2) is 12.1 Å². The van der Waals surface area contributed by atoms with Gasteiger partial charge in [-0.15, -0.1) is 0 Å². The van der Waals surface area contributed by atoms with Gasteiger partial charge in [0, 0.05) is 5.56 Å². The van der Waals surface area contributed by atoms with Crippen LogP contribution in [0.1, 0.15) is 40.9 Å². The molecule has 3 heteroatoms. The van der Waals surface area contributed by atoms with Crippen molar-refractivity contribution in [3.05, 3.63) is 34.4 Å². The summed E-state index contributed by atoms with van der Waals surface area (Å²) in [7, 11) is 1.23. The first-order valence-electron chi connectivity index (χ1n) is 6.09. The average Bonchev–Trinajstić information content (AvgIpc) is 2.59. The average molecular weight is 246 g/mol. The molecule has 1 aliphatic rings. The van der Waals surface area contributed by atoms with E-state index in [0.29, 0.717) is 5.56 Å². The molecule has 3 nitrogen and oxygen atoms in total. The number of hydrogen-bond acceptors (Lipinski definition) is 3. The van der Waals surface area contributed by atoms with Crippen LogP contribution in [0.4, 0.5) is 0 Å². The van der Waals surface area contributed by atoms with E-state index in [0.717, 1.165) is 18.4 Å². The number of rotatable bonds is 2. The lowest BCUT2D eigenvalue weighted by atomic mass is 9.90. The van der Waals surface area contributed by atoms with Gasteiger partial charge in [0.25, 0.3) is 5.78 Å². The molecule has 96 valence electrons. The fraction of sp³-hybridized carbons (Fsp3) is 0.467. The van der Waals surface area contributed by atoms with Crippen LogP contribution in [0.5, 0.6) is 0 Å². The third kappa shape index (κ3) is 2.17. The molecule has 0 radical (unpaired) electrons. The molecule has 1 aliphatic carbocycles. The van der Waals surface area contributed by atoms with Crippen LogP contribution in [0.25, 0.3) is 0 Å². The number of ketones is 1. The molecule has 1 aromatic rings. The normalized spacial score (nSPS) is 16.2. The number of fused-ring (bicyclic) bond motifs is 1. The van der Waals surface area contributed by atoms with Crippen LogP contribution >= 0.6 is 0 Å². The van der Waals surface area contributed by atoms with E-state index >= 15 is 0 Å². The molecule has 2 rings (SSSR count). The number of aryl methyl sites for hydroxylation is 1. The zero-order chi connectivity index (χ0) is 13.5. The van der Waals surface area contributed by atoms with Gasteiger partial charge in [-0.3, -0.25) is 4.79 Å². The number of ether oxygens (including phenoxy) is 1. The molecule has 0 fully saturated rings. The fourth-order valence-electron chi connectivity index (χ4n) is 2.68. The summed E-state index contributed by atoms with van der Waals surface area (Å²) in [5.74, 6) is -1.35. The van der Waals surface area contributed by atoms with Gasteiger partial charge in [0.15, 0.2) is 0 Å². The Morgan fingerprint density at radius 3 is 2.28 bits per heavy atom. The number of methoxy groups -OCH3 is 1. The van der Waals surface area contributed by atoms with E-state index in [1.165, 1.54) is 18.2 Å². The minimum atomic E-state index is -0.796. The Morgan fingerprint density at radius 2 is 1.72 bits per heavy atom. The molecule has 0 spiro atoms. The largest absolute Gasteiger partial charge is 0.463 e. The number of carbonyl (C=O) groups is 2. The third-order valence-electron chi connectivity index (χ3n) is 3.50. The highest BCUT2D eigenvalue weighted by atomic mass is 16.5. The molecule has 0 unspecified atom stereocenters. The molecule has 0 aromatic heterocycles. The molecular formula is C15H18O3. The van der Waals surface area contributed by atoms with Crippen molar-refractivity contribution in [1.29, 1.82) is 0 Å². The van der Waals surface area contributed by atoms with Gasteiger partial charge >= 0.3 is 5.97 Å². The summed E-state index contributed by atoms with van der Waals surface area (Å²) in [6.45, 7) is 6.29. The van der Waals surface area contributed by atoms with Gasteiger partial charge in [-0.1, -0.05) is 19.9 Å². The zero-order valence-corrected chi connectivity index (χ0v) is 11.3. The lowest BCUT2D eigenvalue weighted by molar-refractivity contribution is -0.135. The Morgan fingerprint density at radius 1 is 1.17 bits per heavy atom. The van der Waals surface area contributed by atoms with Crippen molar-refractivity contribution >= 4 is 11.8 Å².